The molecular weight excluding hydrogens is 430 g/mol. The van der Waals surface area contributed by atoms with Gasteiger partial charge in [-0.3, -0.25) is 9.59 Å². The van der Waals surface area contributed by atoms with Crippen LogP contribution in [-0.4, -0.2) is 66.3 Å². The molecular formula is C24H30ClN3O4. The molecule has 2 heterocycles. The minimum Gasteiger partial charge on any atom is -0.389 e. The largest absolute Gasteiger partial charge is 0.389 e. The number of hydrogen-bond acceptors (Lipinski definition) is 5. The molecule has 4 rings (SSSR count). The van der Waals surface area contributed by atoms with Crippen LogP contribution in [0.2, 0.25) is 0 Å². The van der Waals surface area contributed by atoms with Crippen molar-refractivity contribution in [3.05, 3.63) is 70.8 Å². The Morgan fingerprint density at radius 3 is 2.38 bits per heavy atom. The average molecular weight is 460 g/mol. The van der Waals surface area contributed by atoms with Gasteiger partial charge in [0.05, 0.1) is 25.4 Å². The monoisotopic (exact) mass is 459 g/mol. The lowest BCUT2D eigenvalue weighted by Gasteiger charge is -2.33. The van der Waals surface area contributed by atoms with Crippen LogP contribution in [0, 0.1) is 0 Å². The van der Waals surface area contributed by atoms with Crippen LogP contribution in [0.5, 0.6) is 0 Å². The summed E-state index contributed by atoms with van der Waals surface area (Å²) in [5.41, 5.74) is 3.48. The summed E-state index contributed by atoms with van der Waals surface area (Å²) in [6.07, 6.45) is -0.00455. The SMILES string of the molecule is CC(NC(=O)c1ccc(C(=O)N2CCOCC2)cc1)[C@H](O)[C@@H]1Cc2ccccc2CN1.Cl. The van der Waals surface area contributed by atoms with Crippen molar-refractivity contribution in [1.82, 2.24) is 15.5 Å². The summed E-state index contributed by atoms with van der Waals surface area (Å²) < 4.78 is 5.28. The van der Waals surface area contributed by atoms with Crippen LogP contribution in [0.4, 0.5) is 0 Å². The number of aliphatic hydroxyl groups is 1. The van der Waals surface area contributed by atoms with Gasteiger partial charge in [0.15, 0.2) is 0 Å². The highest BCUT2D eigenvalue weighted by molar-refractivity contribution is 5.98. The maximum absolute atomic E-state index is 12.7. The van der Waals surface area contributed by atoms with E-state index >= 15 is 0 Å². The van der Waals surface area contributed by atoms with Gasteiger partial charge in [0, 0.05) is 36.8 Å². The second kappa shape index (κ2) is 10.9. The van der Waals surface area contributed by atoms with E-state index in [9.17, 15) is 14.7 Å². The third kappa shape index (κ3) is 5.48. The standard InChI is InChI=1S/C24H29N3O4.ClH/c1-16(22(28)21-14-19-4-2-3-5-20(19)15-25-21)26-23(29)17-6-8-18(9-7-17)24(30)27-10-12-31-13-11-27;/h2-9,16,21-22,25,28H,10-15H2,1H3,(H,26,29);1H/t16?,21-,22-;/m0./s1. The lowest BCUT2D eigenvalue weighted by Crippen LogP contribution is -2.53. The first kappa shape index (κ1) is 24.2. The van der Waals surface area contributed by atoms with Crippen molar-refractivity contribution < 1.29 is 19.4 Å². The summed E-state index contributed by atoms with van der Waals surface area (Å²) in [7, 11) is 0. The number of carbonyl (C=O) groups excluding carboxylic acids is 2. The summed E-state index contributed by atoms with van der Waals surface area (Å²) in [6.45, 7) is 4.77. The quantitative estimate of drug-likeness (QED) is 0.634. The molecule has 0 aromatic heterocycles. The molecule has 2 aliphatic rings. The average Bonchev–Trinajstić information content (AvgIpc) is 2.83. The molecule has 1 saturated heterocycles. The second-order valence-electron chi connectivity index (χ2n) is 8.19. The summed E-state index contributed by atoms with van der Waals surface area (Å²) >= 11 is 0. The Morgan fingerprint density at radius 1 is 1.06 bits per heavy atom. The van der Waals surface area contributed by atoms with Crippen molar-refractivity contribution in [1.29, 1.82) is 0 Å². The van der Waals surface area contributed by atoms with E-state index in [-0.39, 0.29) is 30.3 Å². The van der Waals surface area contributed by atoms with E-state index in [1.807, 2.05) is 12.1 Å². The molecule has 0 spiro atoms. The Kier molecular flexibility index (Phi) is 8.26. The normalized spacial score (nSPS) is 19.8. The summed E-state index contributed by atoms with van der Waals surface area (Å²) in [5, 5.41) is 17.0. The minimum absolute atomic E-state index is 0. The number of aliphatic hydroxyl groups excluding tert-OH is 1. The summed E-state index contributed by atoms with van der Waals surface area (Å²) in [5.74, 6) is -0.323. The number of carbonyl (C=O) groups is 2. The lowest BCUT2D eigenvalue weighted by atomic mass is 9.90. The van der Waals surface area contributed by atoms with Gasteiger partial charge in [-0.05, 0) is 48.7 Å². The molecule has 2 aromatic rings. The Hall–Kier alpha value is -2.45. The van der Waals surface area contributed by atoms with Crippen LogP contribution < -0.4 is 10.6 Å². The van der Waals surface area contributed by atoms with Crippen LogP contribution in [-0.2, 0) is 17.7 Å². The van der Waals surface area contributed by atoms with Crippen molar-refractivity contribution in [2.24, 2.45) is 0 Å². The molecule has 8 heteroatoms. The Labute approximate surface area is 194 Å². The number of fused-ring (bicyclic) bond motifs is 1. The minimum atomic E-state index is -0.723. The number of halogens is 1. The molecule has 0 radical (unpaired) electrons. The third-order valence-corrected chi connectivity index (χ3v) is 6.09. The van der Waals surface area contributed by atoms with E-state index in [4.69, 9.17) is 4.74 Å². The lowest BCUT2D eigenvalue weighted by molar-refractivity contribution is 0.0303. The fraction of sp³-hybridized carbons (Fsp3) is 0.417. The highest BCUT2D eigenvalue weighted by Crippen LogP contribution is 2.19. The van der Waals surface area contributed by atoms with Gasteiger partial charge in [0.25, 0.3) is 11.8 Å². The zero-order chi connectivity index (χ0) is 21.8. The number of benzene rings is 2. The first-order valence-corrected chi connectivity index (χ1v) is 10.8. The molecule has 1 fully saturated rings. The first-order chi connectivity index (χ1) is 15.0. The molecule has 2 amide bonds. The van der Waals surface area contributed by atoms with Crippen LogP contribution in [0.25, 0.3) is 0 Å². The van der Waals surface area contributed by atoms with Gasteiger partial charge >= 0.3 is 0 Å². The molecule has 3 N–H and O–H groups in total. The summed E-state index contributed by atoms with van der Waals surface area (Å²) in [6, 6.07) is 14.3. The number of rotatable bonds is 5. The molecule has 2 aromatic carbocycles. The molecule has 2 aliphatic heterocycles. The Morgan fingerprint density at radius 2 is 1.69 bits per heavy atom. The molecule has 1 unspecified atom stereocenters. The van der Waals surface area contributed by atoms with E-state index in [1.54, 1.807) is 36.1 Å². The maximum atomic E-state index is 12.7. The molecule has 3 atom stereocenters. The van der Waals surface area contributed by atoms with Gasteiger partial charge < -0.3 is 25.4 Å². The molecule has 0 aliphatic carbocycles. The summed E-state index contributed by atoms with van der Waals surface area (Å²) in [4.78, 5) is 27.0. The van der Waals surface area contributed by atoms with E-state index in [1.165, 1.54) is 11.1 Å². The van der Waals surface area contributed by atoms with Crippen LogP contribution in [0.3, 0.4) is 0 Å². The fourth-order valence-electron chi connectivity index (χ4n) is 4.16. The molecule has 0 bridgehead atoms. The number of ether oxygens (including phenoxy) is 1. The Bertz CT molecular complexity index is 931. The number of morpholine rings is 1. The Balaban J connectivity index is 0.00000289. The van der Waals surface area contributed by atoms with E-state index < -0.39 is 12.1 Å². The molecule has 7 nitrogen and oxygen atoms in total. The number of nitrogens with one attached hydrogen (secondary N) is 2. The molecule has 0 saturated carbocycles. The predicted molar refractivity (Wildman–Crippen MR) is 124 cm³/mol. The smallest absolute Gasteiger partial charge is 0.254 e. The van der Waals surface area contributed by atoms with Crippen molar-refractivity contribution in [2.45, 2.75) is 38.1 Å². The zero-order valence-corrected chi connectivity index (χ0v) is 18.9. The van der Waals surface area contributed by atoms with Gasteiger partial charge in [-0.2, -0.15) is 0 Å². The van der Waals surface area contributed by atoms with Crippen LogP contribution in [0.1, 0.15) is 38.8 Å². The maximum Gasteiger partial charge on any atom is 0.254 e. The van der Waals surface area contributed by atoms with E-state index in [0.717, 1.165) is 6.42 Å². The van der Waals surface area contributed by atoms with E-state index in [2.05, 4.69) is 22.8 Å². The molecule has 172 valence electrons. The van der Waals surface area contributed by atoms with Gasteiger partial charge in [0.1, 0.15) is 0 Å². The van der Waals surface area contributed by atoms with Gasteiger partial charge in [-0.1, -0.05) is 24.3 Å². The number of amides is 2. The third-order valence-electron chi connectivity index (χ3n) is 6.09. The second-order valence-corrected chi connectivity index (χ2v) is 8.19. The highest BCUT2D eigenvalue weighted by atomic mass is 35.5. The number of nitrogens with zero attached hydrogens (tertiary/aromatic N) is 1. The first-order valence-electron chi connectivity index (χ1n) is 10.8. The fourth-order valence-corrected chi connectivity index (χ4v) is 4.16. The van der Waals surface area contributed by atoms with Gasteiger partial charge in [-0.25, -0.2) is 0 Å². The zero-order valence-electron chi connectivity index (χ0n) is 18.1. The number of hydrogen-bond donors (Lipinski definition) is 3. The molecule has 32 heavy (non-hydrogen) atoms. The predicted octanol–water partition coefficient (Wildman–Crippen LogP) is 1.77. The van der Waals surface area contributed by atoms with Gasteiger partial charge in [-0.15, -0.1) is 12.4 Å². The van der Waals surface area contributed by atoms with Crippen molar-refractivity contribution in [2.75, 3.05) is 26.3 Å². The van der Waals surface area contributed by atoms with E-state index in [0.29, 0.717) is 44.0 Å². The van der Waals surface area contributed by atoms with Crippen LogP contribution in [0.15, 0.2) is 48.5 Å². The van der Waals surface area contributed by atoms with Crippen molar-refractivity contribution in [3.8, 4) is 0 Å². The topological polar surface area (TPSA) is 90.9 Å². The van der Waals surface area contributed by atoms with Crippen LogP contribution >= 0.6 is 12.4 Å². The van der Waals surface area contributed by atoms with Crippen molar-refractivity contribution in [3.63, 3.8) is 0 Å². The van der Waals surface area contributed by atoms with Gasteiger partial charge in [0.2, 0.25) is 0 Å². The van der Waals surface area contributed by atoms with Crippen molar-refractivity contribution >= 4 is 24.2 Å². The highest BCUT2D eigenvalue weighted by Gasteiger charge is 2.29.